The standard InChI is InChI=1S/C20H28N4O4S/c1-14(2)11-12-17(25)23(24-18(26)13-21-20(24)29)16(19(27)22-28)10-6-9-15-7-4-3-5-8-15/h3-5,7-8,13-14,16,26,28H,6,9-12H2,1-2H3,(H,21,29)(H,22,27)/t16-/m0/s1. The van der Waals surface area contributed by atoms with E-state index in [1.165, 1.54) is 6.20 Å². The SMILES string of the molecule is CC(C)CCC(=O)N([C@@H](CCCc1ccccc1)C(=O)NO)n1c(O)c[nH]c1=S. The third-order valence-electron chi connectivity index (χ3n) is 4.63. The van der Waals surface area contributed by atoms with E-state index in [2.05, 4.69) is 4.98 Å². The van der Waals surface area contributed by atoms with E-state index in [4.69, 9.17) is 12.2 Å². The Labute approximate surface area is 175 Å². The average molecular weight is 421 g/mol. The number of rotatable bonds is 10. The van der Waals surface area contributed by atoms with Crippen molar-refractivity contribution in [2.45, 2.75) is 52.0 Å². The Kier molecular flexibility index (Phi) is 8.41. The van der Waals surface area contributed by atoms with Gasteiger partial charge in [0.2, 0.25) is 11.8 Å². The first kappa shape index (κ1) is 22.6. The summed E-state index contributed by atoms with van der Waals surface area (Å²) in [6.45, 7) is 3.99. The van der Waals surface area contributed by atoms with Gasteiger partial charge in [0.25, 0.3) is 5.91 Å². The molecule has 4 N–H and O–H groups in total. The molecule has 1 heterocycles. The molecule has 0 spiro atoms. The summed E-state index contributed by atoms with van der Waals surface area (Å²) in [6, 6.07) is 8.74. The van der Waals surface area contributed by atoms with Crippen LogP contribution in [0.3, 0.4) is 0 Å². The summed E-state index contributed by atoms with van der Waals surface area (Å²) >= 11 is 5.19. The topological polar surface area (TPSA) is 111 Å². The quantitative estimate of drug-likeness (QED) is 0.268. The molecule has 0 aliphatic heterocycles. The molecular formula is C20H28N4O4S. The molecule has 1 atom stereocenters. The van der Waals surface area contributed by atoms with Crippen LogP contribution >= 0.6 is 12.2 Å². The van der Waals surface area contributed by atoms with E-state index in [0.29, 0.717) is 19.3 Å². The van der Waals surface area contributed by atoms with Gasteiger partial charge in [-0.2, -0.15) is 4.68 Å². The van der Waals surface area contributed by atoms with Gasteiger partial charge < -0.3 is 10.1 Å². The summed E-state index contributed by atoms with van der Waals surface area (Å²) in [7, 11) is 0. The fourth-order valence-corrected chi connectivity index (χ4v) is 3.34. The lowest BCUT2D eigenvalue weighted by Crippen LogP contribution is -2.54. The maximum absolute atomic E-state index is 13.0. The van der Waals surface area contributed by atoms with E-state index in [9.17, 15) is 19.9 Å². The predicted octanol–water partition coefficient (Wildman–Crippen LogP) is 3.05. The summed E-state index contributed by atoms with van der Waals surface area (Å²) < 4.78 is 1.19. The Morgan fingerprint density at radius 1 is 1.24 bits per heavy atom. The van der Waals surface area contributed by atoms with Crippen molar-refractivity contribution in [1.82, 2.24) is 15.1 Å². The molecule has 0 saturated carbocycles. The smallest absolute Gasteiger partial charge is 0.268 e. The number of nitrogens with one attached hydrogen (secondary N) is 2. The number of amides is 2. The molecular weight excluding hydrogens is 392 g/mol. The maximum Gasteiger partial charge on any atom is 0.268 e. The monoisotopic (exact) mass is 420 g/mol. The van der Waals surface area contributed by atoms with Crippen LogP contribution in [0.15, 0.2) is 36.5 Å². The summed E-state index contributed by atoms with van der Waals surface area (Å²) in [5, 5.41) is 20.6. The second-order valence-electron chi connectivity index (χ2n) is 7.30. The summed E-state index contributed by atoms with van der Waals surface area (Å²) in [4.78, 5) is 28.2. The van der Waals surface area contributed by atoms with E-state index < -0.39 is 11.9 Å². The number of aryl methyl sites for hydroxylation is 1. The minimum absolute atomic E-state index is 0.0826. The number of imidazole rings is 1. The first-order chi connectivity index (χ1) is 13.8. The van der Waals surface area contributed by atoms with Crippen LogP contribution in [0.25, 0.3) is 0 Å². The van der Waals surface area contributed by atoms with Crippen molar-refractivity contribution in [3.63, 3.8) is 0 Å². The number of nitrogens with zero attached hydrogens (tertiary/aromatic N) is 2. The molecule has 0 bridgehead atoms. The molecule has 158 valence electrons. The van der Waals surface area contributed by atoms with Gasteiger partial charge in [-0.25, -0.2) is 10.5 Å². The van der Waals surface area contributed by atoms with Gasteiger partial charge in [0.05, 0.1) is 6.20 Å². The minimum Gasteiger partial charge on any atom is -0.492 e. The molecule has 0 saturated heterocycles. The molecule has 0 fully saturated rings. The Hall–Kier alpha value is -2.65. The number of aromatic nitrogens is 2. The number of benzene rings is 1. The van der Waals surface area contributed by atoms with Crippen LogP contribution in [0.5, 0.6) is 5.88 Å². The van der Waals surface area contributed by atoms with Crippen LogP contribution in [-0.4, -0.2) is 37.8 Å². The lowest BCUT2D eigenvalue weighted by Gasteiger charge is -2.31. The molecule has 2 rings (SSSR count). The fraction of sp³-hybridized carbons (Fsp3) is 0.450. The van der Waals surface area contributed by atoms with Gasteiger partial charge in [0.15, 0.2) is 4.77 Å². The van der Waals surface area contributed by atoms with E-state index in [1.807, 2.05) is 44.2 Å². The molecule has 29 heavy (non-hydrogen) atoms. The van der Waals surface area contributed by atoms with Crippen molar-refractivity contribution < 1.29 is 19.9 Å². The lowest BCUT2D eigenvalue weighted by atomic mass is 10.0. The Morgan fingerprint density at radius 2 is 1.93 bits per heavy atom. The summed E-state index contributed by atoms with van der Waals surface area (Å²) in [5.41, 5.74) is 2.75. The van der Waals surface area contributed by atoms with Crippen molar-refractivity contribution in [2.24, 2.45) is 5.92 Å². The number of aromatic hydroxyl groups is 1. The van der Waals surface area contributed by atoms with Crippen molar-refractivity contribution in [2.75, 3.05) is 5.01 Å². The number of aromatic amines is 1. The first-order valence-corrected chi connectivity index (χ1v) is 10.1. The normalized spacial score (nSPS) is 12.0. The molecule has 8 nitrogen and oxygen atoms in total. The lowest BCUT2D eigenvalue weighted by molar-refractivity contribution is -0.134. The van der Waals surface area contributed by atoms with Gasteiger partial charge >= 0.3 is 0 Å². The third kappa shape index (κ3) is 6.16. The van der Waals surface area contributed by atoms with Crippen molar-refractivity contribution in [1.29, 1.82) is 0 Å². The van der Waals surface area contributed by atoms with Crippen LogP contribution in [0.1, 0.15) is 45.1 Å². The van der Waals surface area contributed by atoms with Crippen molar-refractivity contribution in [3.05, 3.63) is 46.9 Å². The fourth-order valence-electron chi connectivity index (χ4n) is 3.10. The van der Waals surface area contributed by atoms with E-state index in [0.717, 1.165) is 15.2 Å². The van der Waals surface area contributed by atoms with Crippen molar-refractivity contribution >= 4 is 24.0 Å². The number of carbonyl (C=O) groups excluding carboxylic acids is 2. The van der Waals surface area contributed by atoms with E-state index in [-0.39, 0.29) is 35.3 Å². The Morgan fingerprint density at radius 3 is 2.48 bits per heavy atom. The van der Waals surface area contributed by atoms with Crippen LogP contribution in [0.4, 0.5) is 0 Å². The highest BCUT2D eigenvalue weighted by Gasteiger charge is 2.32. The zero-order chi connectivity index (χ0) is 21.4. The molecule has 1 aromatic heterocycles. The Bertz CT molecular complexity index is 863. The maximum atomic E-state index is 13.0. The van der Waals surface area contributed by atoms with Crippen LogP contribution < -0.4 is 10.5 Å². The molecule has 0 aliphatic rings. The summed E-state index contributed by atoms with van der Waals surface area (Å²) in [6.07, 6.45) is 3.62. The highest BCUT2D eigenvalue weighted by molar-refractivity contribution is 7.71. The predicted molar refractivity (Wildman–Crippen MR) is 112 cm³/mol. The molecule has 0 radical (unpaired) electrons. The number of carbonyl (C=O) groups is 2. The highest BCUT2D eigenvalue weighted by atomic mass is 32.1. The summed E-state index contributed by atoms with van der Waals surface area (Å²) in [5.74, 6) is -1.10. The molecule has 0 unspecified atom stereocenters. The molecule has 9 heteroatoms. The minimum atomic E-state index is -1.03. The Balaban J connectivity index is 2.29. The first-order valence-electron chi connectivity index (χ1n) is 9.64. The average Bonchev–Trinajstić information content (AvgIpc) is 3.04. The van der Waals surface area contributed by atoms with Gasteiger partial charge in [-0.1, -0.05) is 44.2 Å². The molecule has 0 aliphatic carbocycles. The van der Waals surface area contributed by atoms with Crippen LogP contribution in [-0.2, 0) is 16.0 Å². The molecule has 1 aromatic carbocycles. The zero-order valence-corrected chi connectivity index (χ0v) is 17.5. The van der Waals surface area contributed by atoms with Crippen LogP contribution in [0, 0.1) is 10.7 Å². The van der Waals surface area contributed by atoms with Gasteiger partial charge in [0, 0.05) is 6.42 Å². The van der Waals surface area contributed by atoms with E-state index in [1.54, 1.807) is 5.48 Å². The number of hydrogen-bond donors (Lipinski definition) is 4. The van der Waals surface area contributed by atoms with Gasteiger partial charge in [-0.15, -0.1) is 0 Å². The van der Waals surface area contributed by atoms with Crippen LogP contribution in [0.2, 0.25) is 0 Å². The number of hydroxylamine groups is 1. The second kappa shape index (κ2) is 10.8. The van der Waals surface area contributed by atoms with Gasteiger partial charge in [0.1, 0.15) is 6.04 Å². The number of H-pyrrole nitrogens is 1. The molecule has 2 aromatic rings. The highest BCUT2D eigenvalue weighted by Crippen LogP contribution is 2.19. The van der Waals surface area contributed by atoms with Gasteiger partial charge in [-0.05, 0) is 49.4 Å². The van der Waals surface area contributed by atoms with E-state index >= 15 is 0 Å². The zero-order valence-electron chi connectivity index (χ0n) is 16.7. The van der Waals surface area contributed by atoms with Gasteiger partial charge in [-0.3, -0.25) is 14.8 Å². The van der Waals surface area contributed by atoms with Crippen molar-refractivity contribution in [3.8, 4) is 5.88 Å². The third-order valence-corrected chi connectivity index (χ3v) is 4.93. The largest absolute Gasteiger partial charge is 0.492 e. The number of hydrogen-bond acceptors (Lipinski definition) is 5. The second-order valence-corrected chi connectivity index (χ2v) is 7.69. The molecule has 2 amide bonds.